The molecule has 4 nitrogen and oxygen atoms in total. The molecule has 1 aliphatic heterocycles. The molecule has 0 unspecified atom stereocenters. The Hall–Kier alpha value is -1.38. The van der Waals surface area contributed by atoms with Crippen molar-refractivity contribution in [1.29, 1.82) is 5.26 Å². The van der Waals surface area contributed by atoms with Crippen molar-refractivity contribution in [2.75, 3.05) is 6.61 Å². The standard InChI is InChI=1S/C13H12BrN3O/c14-9-4-5-12-10(7-9)11(8-15)16-17(12)13-3-1-2-6-18-13/h4-5,7,13H,1-3,6H2/t13-/m1/s1. The first-order valence-electron chi connectivity index (χ1n) is 5.99. The summed E-state index contributed by atoms with van der Waals surface area (Å²) in [5.41, 5.74) is 1.42. The predicted octanol–water partition coefficient (Wildman–Crippen LogP) is 3.37. The van der Waals surface area contributed by atoms with Crippen LogP contribution >= 0.6 is 15.9 Å². The second kappa shape index (κ2) is 4.71. The second-order valence-corrected chi connectivity index (χ2v) is 5.30. The van der Waals surface area contributed by atoms with Crippen molar-refractivity contribution in [2.24, 2.45) is 0 Å². The van der Waals surface area contributed by atoms with Crippen molar-refractivity contribution in [2.45, 2.75) is 25.5 Å². The lowest BCUT2D eigenvalue weighted by Crippen LogP contribution is -2.19. The van der Waals surface area contributed by atoms with E-state index < -0.39 is 0 Å². The van der Waals surface area contributed by atoms with Crippen molar-refractivity contribution in [1.82, 2.24) is 9.78 Å². The van der Waals surface area contributed by atoms with E-state index in [2.05, 4.69) is 27.1 Å². The molecule has 92 valence electrons. The summed E-state index contributed by atoms with van der Waals surface area (Å²) in [7, 11) is 0. The van der Waals surface area contributed by atoms with Crippen LogP contribution in [0.1, 0.15) is 31.2 Å². The highest BCUT2D eigenvalue weighted by atomic mass is 79.9. The highest BCUT2D eigenvalue weighted by Crippen LogP contribution is 2.29. The van der Waals surface area contributed by atoms with E-state index in [1.54, 1.807) is 0 Å². The van der Waals surface area contributed by atoms with Crippen molar-refractivity contribution in [3.05, 3.63) is 28.4 Å². The first kappa shape index (κ1) is 11.7. The molecule has 5 heteroatoms. The fourth-order valence-electron chi connectivity index (χ4n) is 2.33. The van der Waals surface area contributed by atoms with Crippen molar-refractivity contribution < 1.29 is 4.74 Å². The molecule has 0 amide bonds. The van der Waals surface area contributed by atoms with Gasteiger partial charge in [-0.15, -0.1) is 0 Å². The van der Waals surface area contributed by atoms with Crippen LogP contribution in [0.15, 0.2) is 22.7 Å². The Morgan fingerprint density at radius 2 is 2.33 bits per heavy atom. The minimum atomic E-state index is -0.0375. The van der Waals surface area contributed by atoms with Gasteiger partial charge in [-0.2, -0.15) is 10.4 Å². The van der Waals surface area contributed by atoms with E-state index in [1.165, 1.54) is 0 Å². The average molecular weight is 306 g/mol. The third-order valence-corrected chi connectivity index (χ3v) is 3.70. The smallest absolute Gasteiger partial charge is 0.170 e. The van der Waals surface area contributed by atoms with Gasteiger partial charge in [0, 0.05) is 16.5 Å². The van der Waals surface area contributed by atoms with Crippen LogP contribution in [-0.2, 0) is 4.74 Å². The summed E-state index contributed by atoms with van der Waals surface area (Å²) >= 11 is 3.42. The van der Waals surface area contributed by atoms with E-state index in [0.717, 1.165) is 41.2 Å². The van der Waals surface area contributed by atoms with Gasteiger partial charge >= 0.3 is 0 Å². The lowest BCUT2D eigenvalue weighted by Gasteiger charge is -2.23. The van der Waals surface area contributed by atoms with Gasteiger partial charge in [-0.3, -0.25) is 0 Å². The number of nitriles is 1. The van der Waals surface area contributed by atoms with Crippen LogP contribution in [-0.4, -0.2) is 16.4 Å². The number of hydrogen-bond donors (Lipinski definition) is 0. The van der Waals surface area contributed by atoms with Gasteiger partial charge in [0.05, 0.1) is 5.52 Å². The van der Waals surface area contributed by atoms with Gasteiger partial charge in [0.25, 0.3) is 0 Å². The molecule has 0 spiro atoms. The van der Waals surface area contributed by atoms with Gasteiger partial charge in [0.15, 0.2) is 11.9 Å². The third-order valence-electron chi connectivity index (χ3n) is 3.20. The number of ether oxygens (including phenoxy) is 1. The fourth-order valence-corrected chi connectivity index (χ4v) is 2.69. The molecule has 0 saturated carbocycles. The number of aromatic nitrogens is 2. The fraction of sp³-hybridized carbons (Fsp3) is 0.385. The van der Waals surface area contributed by atoms with Gasteiger partial charge in [0.2, 0.25) is 0 Å². The van der Waals surface area contributed by atoms with Crippen LogP contribution in [0, 0.1) is 11.3 Å². The van der Waals surface area contributed by atoms with Crippen LogP contribution in [0.25, 0.3) is 10.9 Å². The number of rotatable bonds is 1. The molecule has 1 fully saturated rings. The maximum Gasteiger partial charge on any atom is 0.170 e. The minimum absolute atomic E-state index is 0.0375. The Morgan fingerprint density at radius 1 is 1.44 bits per heavy atom. The lowest BCUT2D eigenvalue weighted by molar-refractivity contribution is -0.0367. The molecule has 1 aromatic carbocycles. The normalized spacial score (nSPS) is 19.9. The first-order valence-corrected chi connectivity index (χ1v) is 6.78. The maximum atomic E-state index is 9.16. The molecule has 0 N–H and O–H groups in total. The van der Waals surface area contributed by atoms with Gasteiger partial charge in [-0.25, -0.2) is 4.68 Å². The number of hydrogen-bond acceptors (Lipinski definition) is 3. The summed E-state index contributed by atoms with van der Waals surface area (Å²) in [5.74, 6) is 0. The summed E-state index contributed by atoms with van der Waals surface area (Å²) < 4.78 is 8.54. The Labute approximate surface area is 113 Å². The van der Waals surface area contributed by atoms with E-state index in [0.29, 0.717) is 5.69 Å². The molecule has 18 heavy (non-hydrogen) atoms. The van der Waals surface area contributed by atoms with Gasteiger partial charge in [0.1, 0.15) is 6.07 Å². The minimum Gasteiger partial charge on any atom is -0.356 e. The molecular formula is C13H12BrN3O. The number of fused-ring (bicyclic) bond motifs is 1. The van der Waals surface area contributed by atoms with E-state index in [9.17, 15) is 0 Å². The zero-order valence-electron chi connectivity index (χ0n) is 9.77. The van der Waals surface area contributed by atoms with Crippen molar-refractivity contribution in [3.8, 4) is 6.07 Å². The van der Waals surface area contributed by atoms with Gasteiger partial charge in [-0.1, -0.05) is 15.9 Å². The summed E-state index contributed by atoms with van der Waals surface area (Å²) in [6.45, 7) is 0.768. The van der Waals surface area contributed by atoms with Crippen LogP contribution < -0.4 is 0 Å². The van der Waals surface area contributed by atoms with E-state index in [1.807, 2.05) is 22.9 Å². The van der Waals surface area contributed by atoms with E-state index in [4.69, 9.17) is 10.00 Å². The highest BCUT2D eigenvalue weighted by Gasteiger charge is 2.20. The number of nitrogens with zero attached hydrogens (tertiary/aromatic N) is 3. The molecule has 1 saturated heterocycles. The maximum absolute atomic E-state index is 9.16. The Kier molecular flexibility index (Phi) is 3.06. The molecule has 0 radical (unpaired) electrons. The summed E-state index contributed by atoms with van der Waals surface area (Å²) in [6.07, 6.45) is 3.17. The molecule has 1 atom stereocenters. The topological polar surface area (TPSA) is 50.8 Å². The predicted molar refractivity (Wildman–Crippen MR) is 71.0 cm³/mol. The molecular weight excluding hydrogens is 294 g/mol. The third kappa shape index (κ3) is 1.92. The number of halogens is 1. The Morgan fingerprint density at radius 3 is 3.06 bits per heavy atom. The molecule has 1 aliphatic rings. The molecule has 0 bridgehead atoms. The van der Waals surface area contributed by atoms with Crippen LogP contribution in [0.5, 0.6) is 0 Å². The Balaban J connectivity index is 2.14. The molecule has 1 aromatic heterocycles. The molecule has 3 rings (SSSR count). The quantitative estimate of drug-likeness (QED) is 0.811. The first-order chi connectivity index (χ1) is 8.79. The van der Waals surface area contributed by atoms with Crippen LogP contribution in [0.2, 0.25) is 0 Å². The van der Waals surface area contributed by atoms with Crippen LogP contribution in [0.4, 0.5) is 0 Å². The van der Waals surface area contributed by atoms with Crippen molar-refractivity contribution >= 4 is 26.8 Å². The zero-order chi connectivity index (χ0) is 12.5. The monoisotopic (exact) mass is 305 g/mol. The SMILES string of the molecule is N#Cc1nn([C@H]2CCCCO2)c2ccc(Br)cc12. The Bertz CT molecular complexity index is 623. The molecule has 2 heterocycles. The van der Waals surface area contributed by atoms with E-state index >= 15 is 0 Å². The highest BCUT2D eigenvalue weighted by molar-refractivity contribution is 9.10. The van der Waals surface area contributed by atoms with Crippen molar-refractivity contribution in [3.63, 3.8) is 0 Å². The summed E-state index contributed by atoms with van der Waals surface area (Å²) in [5, 5.41) is 14.4. The summed E-state index contributed by atoms with van der Waals surface area (Å²) in [6, 6.07) is 8.02. The van der Waals surface area contributed by atoms with Gasteiger partial charge in [-0.05, 0) is 37.5 Å². The van der Waals surface area contributed by atoms with E-state index in [-0.39, 0.29) is 6.23 Å². The molecule has 2 aromatic rings. The largest absolute Gasteiger partial charge is 0.356 e. The van der Waals surface area contributed by atoms with Gasteiger partial charge < -0.3 is 4.74 Å². The van der Waals surface area contributed by atoms with Crippen LogP contribution in [0.3, 0.4) is 0 Å². The summed E-state index contributed by atoms with van der Waals surface area (Å²) in [4.78, 5) is 0. The average Bonchev–Trinajstić information content (AvgIpc) is 2.77. The zero-order valence-corrected chi connectivity index (χ0v) is 11.4. The number of benzene rings is 1. The lowest BCUT2D eigenvalue weighted by atomic mass is 10.2. The second-order valence-electron chi connectivity index (χ2n) is 4.39. The molecule has 0 aliphatic carbocycles.